The van der Waals surface area contributed by atoms with Crippen LogP contribution in [0.15, 0.2) is 34.3 Å². The molecule has 3 nitrogen and oxygen atoms in total. The van der Waals surface area contributed by atoms with Crippen LogP contribution < -0.4 is 0 Å². The number of hydrogen-bond acceptors (Lipinski definition) is 4. The summed E-state index contributed by atoms with van der Waals surface area (Å²) in [4.78, 5) is 3.53. The Kier molecular flexibility index (Phi) is 5.22. The minimum atomic E-state index is -0.0980. The van der Waals surface area contributed by atoms with Crippen LogP contribution in [0.1, 0.15) is 23.1 Å². The highest BCUT2D eigenvalue weighted by Gasteiger charge is 2.10. The average Bonchev–Trinajstić information content (AvgIpc) is 3.07. The van der Waals surface area contributed by atoms with Crippen LogP contribution in [-0.2, 0) is 13.1 Å². The Labute approximate surface area is 117 Å². The van der Waals surface area contributed by atoms with E-state index in [4.69, 9.17) is 9.52 Å². The van der Waals surface area contributed by atoms with Gasteiger partial charge in [0.1, 0.15) is 12.4 Å². The zero-order valence-electron chi connectivity index (χ0n) is 10.9. The van der Waals surface area contributed by atoms with Gasteiger partial charge in [-0.15, -0.1) is 11.3 Å². The first kappa shape index (κ1) is 13.9. The van der Waals surface area contributed by atoms with E-state index in [0.717, 1.165) is 31.0 Å². The minimum absolute atomic E-state index is 0.0980. The zero-order valence-corrected chi connectivity index (χ0v) is 11.7. The summed E-state index contributed by atoms with van der Waals surface area (Å²) in [5.74, 6) is 6.67. The lowest BCUT2D eigenvalue weighted by atomic mass is 10.2. The van der Waals surface area contributed by atoms with Gasteiger partial charge in [0.05, 0.1) is 12.8 Å². The molecule has 0 radical (unpaired) electrons. The van der Waals surface area contributed by atoms with Crippen molar-refractivity contribution >= 4 is 11.3 Å². The maximum atomic E-state index is 8.76. The molecular weight excluding hydrogens is 258 g/mol. The second-order valence-corrected chi connectivity index (χ2v) is 5.10. The molecule has 0 aliphatic rings. The molecule has 0 aliphatic carbocycles. The maximum Gasteiger partial charge on any atom is 0.117 e. The second kappa shape index (κ2) is 7.15. The molecule has 0 fully saturated rings. The topological polar surface area (TPSA) is 36.6 Å². The predicted octanol–water partition coefficient (Wildman–Crippen LogP) is 2.71. The second-order valence-electron chi connectivity index (χ2n) is 4.10. The summed E-state index contributed by atoms with van der Waals surface area (Å²) in [6.45, 7) is 4.64. The number of thiophene rings is 1. The molecule has 0 amide bonds. The summed E-state index contributed by atoms with van der Waals surface area (Å²) in [5.41, 5.74) is 1.01. The smallest absolute Gasteiger partial charge is 0.117 e. The fourth-order valence-electron chi connectivity index (χ4n) is 1.81. The summed E-state index contributed by atoms with van der Waals surface area (Å²) < 4.78 is 5.38. The monoisotopic (exact) mass is 275 g/mol. The molecule has 0 saturated carbocycles. The highest BCUT2D eigenvalue weighted by atomic mass is 32.1. The number of aliphatic hydroxyl groups is 1. The summed E-state index contributed by atoms with van der Waals surface area (Å²) >= 11 is 1.70. The van der Waals surface area contributed by atoms with Crippen LogP contribution in [0.25, 0.3) is 0 Å². The van der Waals surface area contributed by atoms with Gasteiger partial charge < -0.3 is 9.52 Å². The average molecular weight is 275 g/mol. The third-order valence-corrected chi connectivity index (χ3v) is 3.73. The van der Waals surface area contributed by atoms with Crippen molar-refractivity contribution in [1.82, 2.24) is 4.90 Å². The van der Waals surface area contributed by atoms with Gasteiger partial charge in [0, 0.05) is 17.0 Å². The molecule has 2 aromatic heterocycles. The third-order valence-electron chi connectivity index (χ3n) is 2.82. The molecule has 0 atom stereocenters. The minimum Gasteiger partial charge on any atom is -0.468 e. The van der Waals surface area contributed by atoms with Gasteiger partial charge in [-0.25, -0.2) is 0 Å². The molecule has 2 heterocycles. The van der Waals surface area contributed by atoms with Gasteiger partial charge >= 0.3 is 0 Å². The SMILES string of the molecule is CCN(Cc1ccco1)Cc1sccc1C#CCO. The molecule has 0 spiro atoms. The van der Waals surface area contributed by atoms with Crippen molar-refractivity contribution in [2.45, 2.75) is 20.0 Å². The van der Waals surface area contributed by atoms with Gasteiger partial charge in [0.2, 0.25) is 0 Å². The van der Waals surface area contributed by atoms with Crippen molar-refractivity contribution in [2.24, 2.45) is 0 Å². The first-order valence-electron chi connectivity index (χ1n) is 6.24. The number of nitrogens with zero attached hydrogens (tertiary/aromatic N) is 1. The number of rotatable bonds is 5. The van der Waals surface area contributed by atoms with Crippen LogP contribution in [0.3, 0.4) is 0 Å². The van der Waals surface area contributed by atoms with E-state index in [2.05, 4.69) is 23.7 Å². The Hall–Kier alpha value is -1.54. The molecule has 2 aromatic rings. The molecule has 100 valence electrons. The number of aliphatic hydroxyl groups excluding tert-OH is 1. The van der Waals surface area contributed by atoms with Gasteiger partial charge in [-0.3, -0.25) is 4.90 Å². The molecule has 0 bridgehead atoms. The predicted molar refractivity (Wildman–Crippen MR) is 76.8 cm³/mol. The lowest BCUT2D eigenvalue weighted by Crippen LogP contribution is -2.21. The molecule has 0 saturated heterocycles. The Morgan fingerprint density at radius 1 is 1.37 bits per heavy atom. The maximum absolute atomic E-state index is 8.76. The normalized spacial score (nSPS) is 10.5. The van der Waals surface area contributed by atoms with Gasteiger partial charge in [0.15, 0.2) is 0 Å². The fourth-order valence-corrected chi connectivity index (χ4v) is 2.69. The Bertz CT molecular complexity index is 548. The van der Waals surface area contributed by atoms with E-state index in [1.54, 1.807) is 17.6 Å². The first-order valence-corrected chi connectivity index (χ1v) is 7.12. The van der Waals surface area contributed by atoms with Crippen LogP contribution in [0.5, 0.6) is 0 Å². The van der Waals surface area contributed by atoms with E-state index >= 15 is 0 Å². The van der Waals surface area contributed by atoms with Crippen LogP contribution in [0, 0.1) is 11.8 Å². The van der Waals surface area contributed by atoms with E-state index < -0.39 is 0 Å². The first-order chi connectivity index (χ1) is 9.33. The Morgan fingerprint density at radius 3 is 2.95 bits per heavy atom. The highest BCUT2D eigenvalue weighted by molar-refractivity contribution is 7.10. The summed E-state index contributed by atoms with van der Waals surface area (Å²) in [6.07, 6.45) is 1.70. The summed E-state index contributed by atoms with van der Waals surface area (Å²) in [5, 5.41) is 10.8. The zero-order chi connectivity index (χ0) is 13.5. The molecule has 2 rings (SSSR count). The van der Waals surface area contributed by atoms with Crippen molar-refractivity contribution in [3.8, 4) is 11.8 Å². The van der Waals surface area contributed by atoms with Gasteiger partial charge in [-0.1, -0.05) is 18.8 Å². The molecule has 0 unspecified atom stereocenters. The quantitative estimate of drug-likeness (QED) is 0.852. The molecule has 0 aromatic carbocycles. The van der Waals surface area contributed by atoms with E-state index in [-0.39, 0.29) is 6.61 Å². The van der Waals surface area contributed by atoms with E-state index in [9.17, 15) is 0 Å². The van der Waals surface area contributed by atoms with Gasteiger partial charge in [0.25, 0.3) is 0 Å². The lowest BCUT2D eigenvalue weighted by molar-refractivity contribution is 0.249. The van der Waals surface area contributed by atoms with E-state index in [0.29, 0.717) is 0 Å². The molecule has 19 heavy (non-hydrogen) atoms. The number of furan rings is 1. The van der Waals surface area contributed by atoms with Crippen molar-refractivity contribution in [3.05, 3.63) is 46.0 Å². The van der Waals surface area contributed by atoms with Crippen molar-refractivity contribution < 1.29 is 9.52 Å². The standard InChI is InChI=1S/C15H17NO2S/c1-2-16(11-14-6-4-9-18-14)12-15-13(5-3-8-17)7-10-19-15/h4,6-7,9-10,17H,2,8,11-12H2,1H3. The van der Waals surface area contributed by atoms with Crippen molar-refractivity contribution in [1.29, 1.82) is 0 Å². The molecule has 4 heteroatoms. The van der Waals surface area contributed by atoms with Crippen molar-refractivity contribution in [3.63, 3.8) is 0 Å². The lowest BCUT2D eigenvalue weighted by Gasteiger charge is -2.18. The highest BCUT2D eigenvalue weighted by Crippen LogP contribution is 2.19. The van der Waals surface area contributed by atoms with E-state index in [1.165, 1.54) is 4.88 Å². The molecule has 0 aliphatic heterocycles. The van der Waals surface area contributed by atoms with Crippen LogP contribution in [0.2, 0.25) is 0 Å². The van der Waals surface area contributed by atoms with Gasteiger partial charge in [-0.05, 0) is 30.1 Å². The molecular formula is C15H17NO2S. The number of hydrogen-bond donors (Lipinski definition) is 1. The van der Waals surface area contributed by atoms with E-state index in [1.807, 2.05) is 23.6 Å². The van der Waals surface area contributed by atoms with Crippen LogP contribution in [-0.4, -0.2) is 23.2 Å². The Balaban J connectivity index is 2.04. The molecule has 1 N–H and O–H groups in total. The Morgan fingerprint density at radius 2 is 2.26 bits per heavy atom. The van der Waals surface area contributed by atoms with Gasteiger partial charge in [-0.2, -0.15) is 0 Å². The van der Waals surface area contributed by atoms with Crippen LogP contribution >= 0.6 is 11.3 Å². The fraction of sp³-hybridized carbons (Fsp3) is 0.333. The third kappa shape index (κ3) is 3.97. The van der Waals surface area contributed by atoms with Crippen molar-refractivity contribution in [2.75, 3.05) is 13.2 Å². The van der Waals surface area contributed by atoms with Crippen LogP contribution in [0.4, 0.5) is 0 Å². The summed E-state index contributed by atoms with van der Waals surface area (Å²) in [7, 11) is 0. The largest absolute Gasteiger partial charge is 0.468 e. The summed E-state index contributed by atoms with van der Waals surface area (Å²) in [6, 6.07) is 5.90.